The summed E-state index contributed by atoms with van der Waals surface area (Å²) in [5.41, 5.74) is 6.18. The molecule has 2 aliphatic rings. The number of nitrogens with two attached hydrogens (primary N) is 1. The standard InChI is InChI=1S/C14H24N2O3.ClH/c1-8(14(18)19-3)7-16(2)13(17)11-9-4-5-10(6-9)12(11)15;/h8-12H,4-7,15H2,1-3H3;1H. The molecular weight excluding hydrogens is 280 g/mol. The third-order valence-corrected chi connectivity index (χ3v) is 4.79. The highest BCUT2D eigenvalue weighted by Gasteiger charge is 2.49. The molecule has 2 fully saturated rings. The lowest BCUT2D eigenvalue weighted by Crippen LogP contribution is -2.47. The van der Waals surface area contributed by atoms with Crippen molar-refractivity contribution in [2.24, 2.45) is 29.4 Å². The van der Waals surface area contributed by atoms with E-state index in [0.29, 0.717) is 18.4 Å². The van der Waals surface area contributed by atoms with Crippen molar-refractivity contribution in [3.8, 4) is 0 Å². The number of halogens is 1. The van der Waals surface area contributed by atoms with Crippen LogP contribution in [0.25, 0.3) is 0 Å². The molecule has 116 valence electrons. The van der Waals surface area contributed by atoms with Crippen molar-refractivity contribution >= 4 is 24.3 Å². The van der Waals surface area contributed by atoms with E-state index in [1.807, 2.05) is 0 Å². The van der Waals surface area contributed by atoms with Crippen LogP contribution >= 0.6 is 12.4 Å². The molecule has 0 spiro atoms. The quantitative estimate of drug-likeness (QED) is 0.788. The highest BCUT2D eigenvalue weighted by Crippen LogP contribution is 2.48. The predicted octanol–water partition coefficient (Wildman–Crippen LogP) is 1.05. The maximum Gasteiger partial charge on any atom is 0.310 e. The monoisotopic (exact) mass is 304 g/mol. The summed E-state index contributed by atoms with van der Waals surface area (Å²) >= 11 is 0. The summed E-state index contributed by atoms with van der Waals surface area (Å²) < 4.78 is 4.69. The Bertz CT molecular complexity index is 375. The molecule has 0 radical (unpaired) electrons. The molecule has 0 aliphatic heterocycles. The normalized spacial score (nSPS) is 32.4. The molecule has 0 heterocycles. The van der Waals surface area contributed by atoms with E-state index >= 15 is 0 Å². The van der Waals surface area contributed by atoms with Crippen LogP contribution in [0.3, 0.4) is 0 Å². The Kier molecular flexibility index (Phi) is 5.83. The molecule has 6 heteroatoms. The summed E-state index contributed by atoms with van der Waals surface area (Å²) in [5.74, 6) is 0.434. The fourth-order valence-electron chi connectivity index (χ4n) is 3.73. The SMILES string of the molecule is COC(=O)C(C)CN(C)C(=O)C1C2CCC(C2)C1N.Cl. The summed E-state index contributed by atoms with van der Waals surface area (Å²) in [6.45, 7) is 2.17. The van der Waals surface area contributed by atoms with E-state index < -0.39 is 0 Å². The second-order valence-corrected chi connectivity index (χ2v) is 6.08. The maximum atomic E-state index is 12.5. The van der Waals surface area contributed by atoms with Crippen LogP contribution in [0.1, 0.15) is 26.2 Å². The average molecular weight is 305 g/mol. The second kappa shape index (κ2) is 6.76. The highest BCUT2D eigenvalue weighted by molar-refractivity contribution is 5.85. The number of amides is 1. The van der Waals surface area contributed by atoms with Gasteiger partial charge >= 0.3 is 5.97 Å². The molecule has 20 heavy (non-hydrogen) atoms. The minimum Gasteiger partial charge on any atom is -0.469 e. The zero-order chi connectivity index (χ0) is 14.2. The number of methoxy groups -OCH3 is 1. The Labute approximate surface area is 126 Å². The molecule has 2 rings (SSSR count). The first-order valence-corrected chi connectivity index (χ1v) is 7.04. The van der Waals surface area contributed by atoms with E-state index in [-0.39, 0.29) is 42.2 Å². The van der Waals surface area contributed by atoms with Crippen LogP contribution in [-0.2, 0) is 14.3 Å². The van der Waals surface area contributed by atoms with Gasteiger partial charge in [-0.1, -0.05) is 6.92 Å². The number of nitrogens with zero attached hydrogens (tertiary/aromatic N) is 1. The van der Waals surface area contributed by atoms with E-state index in [1.165, 1.54) is 7.11 Å². The van der Waals surface area contributed by atoms with Gasteiger partial charge in [-0.2, -0.15) is 0 Å². The van der Waals surface area contributed by atoms with E-state index in [2.05, 4.69) is 4.74 Å². The van der Waals surface area contributed by atoms with Gasteiger partial charge in [0.25, 0.3) is 0 Å². The minimum absolute atomic E-state index is 0. The number of ether oxygens (including phenoxy) is 1. The molecule has 2 saturated carbocycles. The summed E-state index contributed by atoms with van der Waals surface area (Å²) in [4.78, 5) is 25.5. The van der Waals surface area contributed by atoms with Crippen LogP contribution < -0.4 is 5.73 Å². The smallest absolute Gasteiger partial charge is 0.310 e. The van der Waals surface area contributed by atoms with Crippen molar-refractivity contribution in [3.05, 3.63) is 0 Å². The molecule has 0 aromatic rings. The zero-order valence-electron chi connectivity index (χ0n) is 12.4. The van der Waals surface area contributed by atoms with Crippen molar-refractivity contribution in [2.45, 2.75) is 32.2 Å². The Morgan fingerprint density at radius 3 is 2.45 bits per heavy atom. The lowest BCUT2D eigenvalue weighted by molar-refractivity contribution is -0.147. The van der Waals surface area contributed by atoms with E-state index in [4.69, 9.17) is 5.73 Å². The van der Waals surface area contributed by atoms with Gasteiger partial charge in [0.2, 0.25) is 5.91 Å². The number of hydrogen-bond donors (Lipinski definition) is 1. The van der Waals surface area contributed by atoms with Crippen LogP contribution in [-0.4, -0.2) is 43.5 Å². The molecule has 2 bridgehead atoms. The Hall–Kier alpha value is -0.810. The predicted molar refractivity (Wildman–Crippen MR) is 78.4 cm³/mol. The molecule has 2 N–H and O–H groups in total. The van der Waals surface area contributed by atoms with Crippen molar-refractivity contribution in [1.29, 1.82) is 0 Å². The molecule has 0 saturated heterocycles. The average Bonchev–Trinajstić information content (AvgIpc) is 2.97. The van der Waals surface area contributed by atoms with Crippen LogP contribution in [0.15, 0.2) is 0 Å². The van der Waals surface area contributed by atoms with Gasteiger partial charge in [0.15, 0.2) is 0 Å². The van der Waals surface area contributed by atoms with Gasteiger partial charge < -0.3 is 15.4 Å². The summed E-state index contributed by atoms with van der Waals surface area (Å²) in [6.07, 6.45) is 3.38. The summed E-state index contributed by atoms with van der Waals surface area (Å²) in [6, 6.07) is 0.00197. The van der Waals surface area contributed by atoms with Gasteiger partial charge in [0, 0.05) is 19.6 Å². The minimum atomic E-state index is -0.297. The van der Waals surface area contributed by atoms with E-state index in [1.54, 1.807) is 18.9 Å². The molecule has 0 aromatic carbocycles. The topological polar surface area (TPSA) is 72.6 Å². The van der Waals surface area contributed by atoms with Crippen molar-refractivity contribution in [3.63, 3.8) is 0 Å². The zero-order valence-corrected chi connectivity index (χ0v) is 13.2. The van der Waals surface area contributed by atoms with Gasteiger partial charge in [-0.25, -0.2) is 0 Å². The maximum absolute atomic E-state index is 12.5. The van der Waals surface area contributed by atoms with Crippen LogP contribution in [0.4, 0.5) is 0 Å². The van der Waals surface area contributed by atoms with Crippen LogP contribution in [0.2, 0.25) is 0 Å². The van der Waals surface area contributed by atoms with Crippen LogP contribution in [0, 0.1) is 23.7 Å². The number of hydrogen-bond acceptors (Lipinski definition) is 4. The fourth-order valence-corrected chi connectivity index (χ4v) is 3.73. The number of fused-ring (bicyclic) bond motifs is 2. The van der Waals surface area contributed by atoms with Gasteiger partial charge in [-0.15, -0.1) is 12.4 Å². The van der Waals surface area contributed by atoms with Crippen molar-refractivity contribution in [2.75, 3.05) is 20.7 Å². The van der Waals surface area contributed by atoms with Gasteiger partial charge in [0.1, 0.15) is 0 Å². The van der Waals surface area contributed by atoms with Crippen molar-refractivity contribution in [1.82, 2.24) is 4.90 Å². The Balaban J connectivity index is 0.00000200. The van der Waals surface area contributed by atoms with Gasteiger partial charge in [-0.3, -0.25) is 9.59 Å². The summed E-state index contributed by atoms with van der Waals surface area (Å²) in [5, 5.41) is 0. The Morgan fingerprint density at radius 2 is 1.95 bits per heavy atom. The molecule has 5 unspecified atom stereocenters. The van der Waals surface area contributed by atoms with Gasteiger partial charge in [0.05, 0.1) is 18.9 Å². The first-order valence-electron chi connectivity index (χ1n) is 7.04. The third kappa shape index (κ3) is 3.09. The molecule has 2 aliphatic carbocycles. The first kappa shape index (κ1) is 17.2. The lowest BCUT2D eigenvalue weighted by atomic mass is 9.84. The summed E-state index contributed by atoms with van der Waals surface area (Å²) in [7, 11) is 3.12. The highest BCUT2D eigenvalue weighted by atomic mass is 35.5. The molecule has 1 amide bonds. The molecule has 0 aromatic heterocycles. The van der Waals surface area contributed by atoms with E-state index in [0.717, 1.165) is 19.3 Å². The number of esters is 1. The van der Waals surface area contributed by atoms with Crippen LogP contribution in [0.5, 0.6) is 0 Å². The fraction of sp³-hybridized carbons (Fsp3) is 0.857. The van der Waals surface area contributed by atoms with E-state index in [9.17, 15) is 9.59 Å². The molecule has 5 nitrogen and oxygen atoms in total. The lowest BCUT2D eigenvalue weighted by Gasteiger charge is -2.31. The number of rotatable bonds is 4. The second-order valence-electron chi connectivity index (χ2n) is 6.08. The third-order valence-electron chi connectivity index (χ3n) is 4.79. The van der Waals surface area contributed by atoms with Gasteiger partial charge in [-0.05, 0) is 31.1 Å². The molecule has 5 atom stereocenters. The number of carbonyl (C=O) groups excluding carboxylic acids is 2. The first-order chi connectivity index (χ1) is 8.95. The largest absolute Gasteiger partial charge is 0.469 e. The number of carbonyl (C=O) groups is 2. The Morgan fingerprint density at radius 1 is 1.35 bits per heavy atom. The molecular formula is C14H25ClN2O3. The van der Waals surface area contributed by atoms with Crippen molar-refractivity contribution < 1.29 is 14.3 Å².